The lowest BCUT2D eigenvalue weighted by atomic mass is 9.96. The summed E-state index contributed by atoms with van der Waals surface area (Å²) in [5.74, 6) is 0.789. The Balaban J connectivity index is 1.83. The fourth-order valence-corrected chi connectivity index (χ4v) is 3.99. The van der Waals surface area contributed by atoms with Crippen molar-refractivity contribution in [2.45, 2.75) is 39.2 Å². The Kier molecular flexibility index (Phi) is 6.21. The van der Waals surface area contributed by atoms with Gasteiger partial charge in [0, 0.05) is 6.54 Å². The van der Waals surface area contributed by atoms with Crippen molar-refractivity contribution >= 4 is 10.0 Å². The average molecular weight is 310 g/mol. The van der Waals surface area contributed by atoms with Gasteiger partial charge in [-0.25, -0.2) is 13.1 Å². The molecular formula is C16H26N2O2S. The fraction of sp³-hybridized carbons (Fsp3) is 0.625. The van der Waals surface area contributed by atoms with Gasteiger partial charge in [-0.2, -0.15) is 0 Å². The first-order valence-corrected chi connectivity index (χ1v) is 9.51. The summed E-state index contributed by atoms with van der Waals surface area (Å²) in [4.78, 5) is 0. The number of piperidine rings is 1. The number of hydrogen-bond acceptors (Lipinski definition) is 3. The Labute approximate surface area is 128 Å². The topological polar surface area (TPSA) is 58.2 Å². The van der Waals surface area contributed by atoms with E-state index in [2.05, 4.69) is 23.0 Å². The molecule has 118 valence electrons. The Morgan fingerprint density at radius 2 is 1.86 bits per heavy atom. The summed E-state index contributed by atoms with van der Waals surface area (Å²) in [5.41, 5.74) is 2.28. The predicted molar refractivity (Wildman–Crippen MR) is 86.7 cm³/mol. The maximum Gasteiger partial charge on any atom is 0.211 e. The van der Waals surface area contributed by atoms with Gasteiger partial charge in [-0.1, -0.05) is 31.2 Å². The zero-order valence-electron chi connectivity index (χ0n) is 12.8. The lowest BCUT2D eigenvalue weighted by Crippen LogP contribution is -2.31. The SMILES string of the molecule is CCc1ccccc1CNS(=O)(=O)CCC1CCNCC1. The van der Waals surface area contributed by atoms with Crippen LogP contribution in [-0.2, 0) is 23.0 Å². The van der Waals surface area contributed by atoms with Crippen LogP contribution in [0.2, 0.25) is 0 Å². The normalized spacial score (nSPS) is 17.0. The van der Waals surface area contributed by atoms with E-state index in [0.29, 0.717) is 12.5 Å². The number of benzene rings is 1. The number of nitrogens with one attached hydrogen (secondary N) is 2. The van der Waals surface area contributed by atoms with Crippen LogP contribution in [0.4, 0.5) is 0 Å². The number of hydrogen-bond donors (Lipinski definition) is 2. The molecule has 0 saturated carbocycles. The molecule has 2 N–H and O–H groups in total. The van der Waals surface area contributed by atoms with Crippen LogP contribution in [-0.4, -0.2) is 27.3 Å². The van der Waals surface area contributed by atoms with Crippen LogP contribution in [0.25, 0.3) is 0 Å². The van der Waals surface area contributed by atoms with Gasteiger partial charge < -0.3 is 5.32 Å². The zero-order chi connectivity index (χ0) is 15.1. The summed E-state index contributed by atoms with van der Waals surface area (Å²) in [6.45, 7) is 4.52. The van der Waals surface area contributed by atoms with Crippen LogP contribution in [0.1, 0.15) is 37.3 Å². The summed E-state index contributed by atoms with van der Waals surface area (Å²) in [7, 11) is -3.17. The average Bonchev–Trinajstić information content (AvgIpc) is 2.52. The van der Waals surface area contributed by atoms with Crippen LogP contribution in [0, 0.1) is 5.92 Å². The molecule has 1 aromatic rings. The van der Waals surface area contributed by atoms with Crippen molar-refractivity contribution in [1.82, 2.24) is 10.0 Å². The number of rotatable bonds is 7. The minimum absolute atomic E-state index is 0.242. The third-order valence-electron chi connectivity index (χ3n) is 4.24. The first-order valence-electron chi connectivity index (χ1n) is 7.85. The third kappa shape index (κ3) is 5.41. The highest BCUT2D eigenvalue weighted by molar-refractivity contribution is 7.89. The second-order valence-corrected chi connectivity index (χ2v) is 7.67. The molecular weight excluding hydrogens is 284 g/mol. The summed E-state index contributed by atoms with van der Waals surface area (Å²) >= 11 is 0. The van der Waals surface area contributed by atoms with E-state index in [1.165, 1.54) is 5.56 Å². The van der Waals surface area contributed by atoms with Gasteiger partial charge in [0.2, 0.25) is 10.0 Å². The molecule has 1 aliphatic heterocycles. The van der Waals surface area contributed by atoms with E-state index in [1.807, 2.05) is 18.2 Å². The molecule has 0 radical (unpaired) electrons. The highest BCUT2D eigenvalue weighted by Gasteiger charge is 2.17. The Bertz CT molecular complexity index is 537. The lowest BCUT2D eigenvalue weighted by Gasteiger charge is -2.22. The molecule has 0 atom stereocenters. The van der Waals surface area contributed by atoms with Crippen LogP contribution in [0.15, 0.2) is 24.3 Å². The lowest BCUT2D eigenvalue weighted by molar-refractivity contribution is 0.365. The van der Waals surface area contributed by atoms with E-state index in [9.17, 15) is 8.42 Å². The first-order chi connectivity index (χ1) is 10.1. The van der Waals surface area contributed by atoms with Crippen molar-refractivity contribution in [3.8, 4) is 0 Å². The third-order valence-corrected chi connectivity index (χ3v) is 5.59. The quantitative estimate of drug-likeness (QED) is 0.810. The molecule has 2 rings (SSSR count). The molecule has 0 unspecified atom stereocenters. The molecule has 1 fully saturated rings. The van der Waals surface area contributed by atoms with Gasteiger partial charge in [0.15, 0.2) is 0 Å². The summed E-state index contributed by atoms with van der Waals surface area (Å²) < 4.78 is 27.0. The van der Waals surface area contributed by atoms with Crippen LogP contribution >= 0.6 is 0 Å². The van der Waals surface area contributed by atoms with Gasteiger partial charge >= 0.3 is 0 Å². The smallest absolute Gasteiger partial charge is 0.211 e. The second kappa shape index (κ2) is 7.92. The van der Waals surface area contributed by atoms with E-state index < -0.39 is 10.0 Å². The molecule has 4 nitrogen and oxygen atoms in total. The Morgan fingerprint density at radius 1 is 1.19 bits per heavy atom. The number of sulfonamides is 1. The van der Waals surface area contributed by atoms with E-state index in [-0.39, 0.29) is 5.75 Å². The molecule has 0 bridgehead atoms. The maximum atomic E-state index is 12.1. The maximum absolute atomic E-state index is 12.1. The van der Waals surface area contributed by atoms with Crippen molar-refractivity contribution in [3.05, 3.63) is 35.4 Å². The van der Waals surface area contributed by atoms with Crippen molar-refractivity contribution < 1.29 is 8.42 Å². The fourth-order valence-electron chi connectivity index (χ4n) is 2.83. The predicted octanol–water partition coefficient (Wildman–Crippen LogP) is 2.06. The minimum atomic E-state index is -3.17. The molecule has 21 heavy (non-hydrogen) atoms. The van der Waals surface area contributed by atoms with E-state index in [0.717, 1.165) is 44.3 Å². The second-order valence-electron chi connectivity index (χ2n) is 5.74. The van der Waals surface area contributed by atoms with Crippen molar-refractivity contribution in [2.75, 3.05) is 18.8 Å². The number of aryl methyl sites for hydroxylation is 1. The Hall–Kier alpha value is -0.910. The van der Waals surface area contributed by atoms with Crippen molar-refractivity contribution in [1.29, 1.82) is 0 Å². The molecule has 0 aliphatic carbocycles. The van der Waals surface area contributed by atoms with Crippen LogP contribution in [0.3, 0.4) is 0 Å². The first kappa shape index (κ1) is 16.5. The monoisotopic (exact) mass is 310 g/mol. The largest absolute Gasteiger partial charge is 0.317 e. The van der Waals surface area contributed by atoms with Gasteiger partial charge in [0.25, 0.3) is 0 Å². The highest BCUT2D eigenvalue weighted by atomic mass is 32.2. The molecule has 0 amide bonds. The molecule has 1 heterocycles. The Morgan fingerprint density at radius 3 is 2.52 bits per heavy atom. The summed E-state index contributed by atoms with van der Waals surface area (Å²) in [6.07, 6.45) is 3.88. The molecule has 1 saturated heterocycles. The van der Waals surface area contributed by atoms with E-state index >= 15 is 0 Å². The van der Waals surface area contributed by atoms with Crippen LogP contribution in [0.5, 0.6) is 0 Å². The standard InChI is InChI=1S/C16H26N2O2S/c1-2-15-5-3-4-6-16(15)13-18-21(19,20)12-9-14-7-10-17-11-8-14/h3-6,14,17-18H,2,7-13H2,1H3. The summed E-state index contributed by atoms with van der Waals surface area (Å²) in [5, 5.41) is 3.31. The van der Waals surface area contributed by atoms with E-state index in [4.69, 9.17) is 0 Å². The van der Waals surface area contributed by atoms with Gasteiger partial charge in [-0.3, -0.25) is 0 Å². The summed E-state index contributed by atoms with van der Waals surface area (Å²) in [6, 6.07) is 8.00. The van der Waals surface area contributed by atoms with Gasteiger partial charge in [0.1, 0.15) is 0 Å². The van der Waals surface area contributed by atoms with Crippen molar-refractivity contribution in [3.63, 3.8) is 0 Å². The van der Waals surface area contributed by atoms with Gasteiger partial charge in [-0.15, -0.1) is 0 Å². The van der Waals surface area contributed by atoms with E-state index in [1.54, 1.807) is 0 Å². The molecule has 1 aromatic carbocycles. The zero-order valence-corrected chi connectivity index (χ0v) is 13.6. The molecule has 0 aromatic heterocycles. The highest BCUT2D eigenvalue weighted by Crippen LogP contribution is 2.16. The molecule has 0 spiro atoms. The van der Waals surface area contributed by atoms with Gasteiger partial charge in [0.05, 0.1) is 5.75 Å². The minimum Gasteiger partial charge on any atom is -0.317 e. The van der Waals surface area contributed by atoms with Crippen molar-refractivity contribution in [2.24, 2.45) is 5.92 Å². The van der Waals surface area contributed by atoms with Gasteiger partial charge in [-0.05, 0) is 55.8 Å². The molecule has 1 aliphatic rings. The van der Waals surface area contributed by atoms with Crippen LogP contribution < -0.4 is 10.0 Å². The molecule has 5 heteroatoms.